The SMILES string of the molecule is COc1ncnc2c1[nH]c(=S)n2C(C)Cn1ccnc1. The van der Waals surface area contributed by atoms with Crippen LogP contribution in [0.1, 0.15) is 13.0 Å². The maximum atomic E-state index is 5.39. The third-order valence-electron chi connectivity index (χ3n) is 3.14. The second-order valence-electron chi connectivity index (χ2n) is 4.49. The first kappa shape index (κ1) is 12.8. The lowest BCUT2D eigenvalue weighted by Crippen LogP contribution is -2.12. The molecule has 0 saturated carbocycles. The van der Waals surface area contributed by atoms with E-state index in [9.17, 15) is 0 Å². The topological polar surface area (TPSA) is 73.6 Å². The van der Waals surface area contributed by atoms with Gasteiger partial charge in [0.2, 0.25) is 5.88 Å². The van der Waals surface area contributed by atoms with Crippen LogP contribution in [-0.4, -0.2) is 36.2 Å². The number of nitrogens with one attached hydrogen (secondary N) is 1. The van der Waals surface area contributed by atoms with Crippen molar-refractivity contribution in [3.8, 4) is 5.88 Å². The molecule has 0 saturated heterocycles. The first-order valence-corrected chi connectivity index (χ1v) is 6.56. The molecule has 1 N–H and O–H groups in total. The van der Waals surface area contributed by atoms with Gasteiger partial charge >= 0.3 is 0 Å². The maximum absolute atomic E-state index is 5.39. The summed E-state index contributed by atoms with van der Waals surface area (Å²) in [7, 11) is 1.57. The summed E-state index contributed by atoms with van der Waals surface area (Å²) in [6.07, 6.45) is 6.94. The zero-order valence-electron chi connectivity index (χ0n) is 11.1. The summed E-state index contributed by atoms with van der Waals surface area (Å²) in [4.78, 5) is 15.5. The molecule has 104 valence electrons. The normalized spacial score (nSPS) is 12.7. The van der Waals surface area contributed by atoms with E-state index >= 15 is 0 Å². The molecule has 7 nitrogen and oxygen atoms in total. The van der Waals surface area contributed by atoms with Crippen LogP contribution in [0.3, 0.4) is 0 Å². The molecule has 3 rings (SSSR count). The lowest BCUT2D eigenvalue weighted by Gasteiger charge is -2.14. The van der Waals surface area contributed by atoms with Crippen LogP contribution in [0.2, 0.25) is 0 Å². The molecular weight excluding hydrogens is 276 g/mol. The van der Waals surface area contributed by atoms with Gasteiger partial charge in [-0.1, -0.05) is 0 Å². The predicted octanol–water partition coefficient (Wildman–Crippen LogP) is 1.96. The fourth-order valence-electron chi connectivity index (χ4n) is 2.26. The van der Waals surface area contributed by atoms with Crippen LogP contribution in [0.4, 0.5) is 0 Å². The molecule has 1 unspecified atom stereocenters. The van der Waals surface area contributed by atoms with Crippen molar-refractivity contribution < 1.29 is 4.74 Å². The van der Waals surface area contributed by atoms with Gasteiger partial charge < -0.3 is 14.3 Å². The van der Waals surface area contributed by atoms with E-state index in [0.29, 0.717) is 10.7 Å². The summed E-state index contributed by atoms with van der Waals surface area (Å²) < 4.78 is 9.80. The number of imidazole rings is 2. The number of hydrogen-bond donors (Lipinski definition) is 1. The molecule has 8 heteroatoms. The lowest BCUT2D eigenvalue weighted by molar-refractivity contribution is 0.401. The van der Waals surface area contributed by atoms with Gasteiger partial charge in [-0.15, -0.1) is 0 Å². The van der Waals surface area contributed by atoms with E-state index in [0.717, 1.165) is 17.7 Å². The number of methoxy groups -OCH3 is 1. The number of fused-ring (bicyclic) bond motifs is 1. The number of ether oxygens (including phenoxy) is 1. The monoisotopic (exact) mass is 290 g/mol. The van der Waals surface area contributed by atoms with Crippen molar-refractivity contribution >= 4 is 23.4 Å². The Kier molecular flexibility index (Phi) is 3.23. The highest BCUT2D eigenvalue weighted by molar-refractivity contribution is 7.71. The van der Waals surface area contributed by atoms with Gasteiger partial charge in [-0.05, 0) is 19.1 Å². The van der Waals surface area contributed by atoms with Gasteiger partial charge in [-0.25, -0.2) is 9.97 Å². The van der Waals surface area contributed by atoms with Crippen LogP contribution >= 0.6 is 12.2 Å². The minimum absolute atomic E-state index is 0.130. The van der Waals surface area contributed by atoms with Gasteiger partial charge in [0.25, 0.3) is 0 Å². The van der Waals surface area contributed by atoms with Crippen LogP contribution in [0, 0.1) is 4.77 Å². The first-order valence-electron chi connectivity index (χ1n) is 6.15. The van der Waals surface area contributed by atoms with Crippen molar-refractivity contribution in [2.75, 3.05) is 7.11 Å². The molecular formula is C12H14N6OS. The van der Waals surface area contributed by atoms with Gasteiger partial charge in [-0.3, -0.25) is 4.57 Å². The van der Waals surface area contributed by atoms with Crippen molar-refractivity contribution in [1.82, 2.24) is 29.1 Å². The molecule has 0 aromatic carbocycles. The average molecular weight is 290 g/mol. The molecule has 0 aliphatic heterocycles. The minimum Gasteiger partial charge on any atom is -0.479 e. The molecule has 0 radical (unpaired) electrons. The van der Waals surface area contributed by atoms with Gasteiger partial charge in [0.15, 0.2) is 10.4 Å². The number of aromatic amines is 1. The predicted molar refractivity (Wildman–Crippen MR) is 76.2 cm³/mol. The van der Waals surface area contributed by atoms with Gasteiger partial charge in [-0.2, -0.15) is 4.98 Å². The molecule has 0 aliphatic rings. The Balaban J connectivity index is 2.07. The molecule has 0 aliphatic carbocycles. The first-order chi connectivity index (χ1) is 9.70. The zero-order valence-corrected chi connectivity index (χ0v) is 12.0. The number of rotatable bonds is 4. The largest absolute Gasteiger partial charge is 0.479 e. The summed E-state index contributed by atoms with van der Waals surface area (Å²) in [5, 5.41) is 0. The van der Waals surface area contributed by atoms with Gasteiger partial charge in [0, 0.05) is 18.9 Å². The lowest BCUT2D eigenvalue weighted by atomic mass is 10.3. The van der Waals surface area contributed by atoms with Crippen LogP contribution in [-0.2, 0) is 6.54 Å². The van der Waals surface area contributed by atoms with Crippen molar-refractivity contribution in [3.05, 3.63) is 29.8 Å². The van der Waals surface area contributed by atoms with Crippen LogP contribution < -0.4 is 4.74 Å². The van der Waals surface area contributed by atoms with Crippen molar-refractivity contribution in [3.63, 3.8) is 0 Å². The maximum Gasteiger partial charge on any atom is 0.242 e. The van der Waals surface area contributed by atoms with Crippen LogP contribution in [0.5, 0.6) is 5.88 Å². The summed E-state index contributed by atoms with van der Waals surface area (Å²) >= 11 is 5.39. The summed E-state index contributed by atoms with van der Waals surface area (Å²) in [5.74, 6) is 0.495. The van der Waals surface area contributed by atoms with E-state index in [2.05, 4.69) is 26.9 Å². The third kappa shape index (κ3) is 2.07. The molecule has 20 heavy (non-hydrogen) atoms. The van der Waals surface area contributed by atoms with Gasteiger partial charge in [0.1, 0.15) is 11.8 Å². The molecule has 0 amide bonds. The highest BCUT2D eigenvalue weighted by atomic mass is 32.1. The Morgan fingerprint density at radius 3 is 3.00 bits per heavy atom. The Hall–Kier alpha value is -2.22. The van der Waals surface area contributed by atoms with E-state index in [4.69, 9.17) is 17.0 Å². The van der Waals surface area contributed by atoms with E-state index in [1.807, 2.05) is 15.3 Å². The molecule has 0 spiro atoms. The average Bonchev–Trinajstić information content (AvgIpc) is 3.04. The van der Waals surface area contributed by atoms with E-state index in [1.165, 1.54) is 6.33 Å². The van der Waals surface area contributed by atoms with Crippen molar-refractivity contribution in [2.24, 2.45) is 0 Å². The third-order valence-corrected chi connectivity index (χ3v) is 3.44. The number of H-pyrrole nitrogens is 1. The van der Waals surface area contributed by atoms with E-state index in [-0.39, 0.29) is 6.04 Å². The summed E-state index contributed by atoms with van der Waals surface area (Å²) in [6.45, 7) is 2.84. The number of aromatic nitrogens is 6. The molecule has 3 heterocycles. The fraction of sp³-hybridized carbons (Fsp3) is 0.333. The minimum atomic E-state index is 0.130. The smallest absolute Gasteiger partial charge is 0.242 e. The standard InChI is InChI=1S/C12H14N6OS/c1-8(5-17-4-3-13-7-17)18-10-9(16-12(18)20)11(19-2)15-6-14-10/h3-4,6-8H,5H2,1-2H3,(H,16,20). The quantitative estimate of drug-likeness (QED) is 0.743. The Labute approximate surface area is 120 Å². The Morgan fingerprint density at radius 1 is 1.45 bits per heavy atom. The zero-order chi connectivity index (χ0) is 14.1. The highest BCUT2D eigenvalue weighted by Gasteiger charge is 2.16. The summed E-state index contributed by atoms with van der Waals surface area (Å²) in [5.41, 5.74) is 1.46. The Bertz CT molecular complexity index is 775. The molecule has 0 bridgehead atoms. The van der Waals surface area contributed by atoms with E-state index < -0.39 is 0 Å². The summed E-state index contributed by atoms with van der Waals surface area (Å²) in [6, 6.07) is 0.130. The molecule has 1 atom stereocenters. The fourth-order valence-corrected chi connectivity index (χ4v) is 2.63. The molecule has 3 aromatic rings. The van der Waals surface area contributed by atoms with Crippen LogP contribution in [0.15, 0.2) is 25.0 Å². The second-order valence-corrected chi connectivity index (χ2v) is 4.88. The van der Waals surface area contributed by atoms with Crippen molar-refractivity contribution in [2.45, 2.75) is 19.5 Å². The second kappa shape index (κ2) is 5.04. The Morgan fingerprint density at radius 2 is 2.30 bits per heavy atom. The molecule has 0 fully saturated rings. The number of hydrogen-bond acceptors (Lipinski definition) is 5. The van der Waals surface area contributed by atoms with E-state index in [1.54, 1.807) is 19.6 Å². The highest BCUT2D eigenvalue weighted by Crippen LogP contribution is 2.23. The molecule has 3 aromatic heterocycles. The van der Waals surface area contributed by atoms with Crippen LogP contribution in [0.25, 0.3) is 11.2 Å². The number of nitrogens with zero attached hydrogens (tertiary/aromatic N) is 5. The van der Waals surface area contributed by atoms with Crippen molar-refractivity contribution in [1.29, 1.82) is 0 Å². The van der Waals surface area contributed by atoms with Gasteiger partial charge in [0.05, 0.1) is 19.5 Å².